The normalized spacial score (nSPS) is 35.4. The van der Waals surface area contributed by atoms with Crippen LogP contribution in [0.4, 0.5) is 4.39 Å². The quantitative estimate of drug-likeness (QED) is 0.320. The number of rotatable bonds is 7. The van der Waals surface area contributed by atoms with Gasteiger partial charge in [0.05, 0.1) is 11.7 Å². The van der Waals surface area contributed by atoms with Crippen LogP contribution in [0.2, 0.25) is 0 Å². The zero-order chi connectivity index (χ0) is 26.6. The minimum atomic E-state index is -0.719. The highest BCUT2D eigenvalue weighted by Gasteiger charge is 3.09. The first-order chi connectivity index (χ1) is 18.8. The maximum Gasteiger partial charge on any atom is 0.419 e. The van der Waals surface area contributed by atoms with E-state index in [1.165, 1.54) is 10.6 Å². The van der Waals surface area contributed by atoms with E-state index in [1.807, 2.05) is 0 Å². The summed E-state index contributed by atoms with van der Waals surface area (Å²) in [5.41, 5.74) is 2.20. The fourth-order valence-electron chi connectivity index (χ4n) is 9.70. The molecule has 2 amide bonds. The lowest BCUT2D eigenvalue weighted by atomic mass is 8.94. The smallest absolute Gasteiger partial charge is 0.408 e. The van der Waals surface area contributed by atoms with Crippen molar-refractivity contribution in [1.29, 1.82) is 0 Å². The average molecular weight is 530 g/mol. The zero-order valence-electron chi connectivity index (χ0n) is 21.1. The number of carbonyl (C=O) groups is 2. The summed E-state index contributed by atoms with van der Waals surface area (Å²) in [6.07, 6.45) is 0.987. The summed E-state index contributed by atoms with van der Waals surface area (Å²) in [5, 5.41) is 13.4. The van der Waals surface area contributed by atoms with Crippen molar-refractivity contribution < 1.29 is 18.4 Å². The summed E-state index contributed by atoms with van der Waals surface area (Å²) >= 11 is 0. The molecule has 1 aromatic carbocycles. The summed E-state index contributed by atoms with van der Waals surface area (Å²) in [5.74, 6) is 2.25. The van der Waals surface area contributed by atoms with Crippen LogP contribution in [0.15, 0.2) is 39.7 Å². The van der Waals surface area contributed by atoms with Gasteiger partial charge in [-0.05, 0) is 65.7 Å². The van der Waals surface area contributed by atoms with Gasteiger partial charge in [0.2, 0.25) is 0 Å². The molecule has 6 aliphatic rings. The number of fused-ring (bicyclic) bond motifs is 2. The maximum atomic E-state index is 14.5. The number of halogens is 1. The number of aromatic nitrogens is 4. The molecule has 0 unspecified atom stereocenters. The van der Waals surface area contributed by atoms with Crippen LogP contribution in [0, 0.1) is 46.7 Å². The first-order valence-electron chi connectivity index (χ1n) is 13.2. The number of hydrogen-bond donors (Lipinski definition) is 3. The van der Waals surface area contributed by atoms with E-state index in [0.29, 0.717) is 40.9 Å². The van der Waals surface area contributed by atoms with E-state index in [2.05, 4.69) is 33.1 Å². The molecule has 6 fully saturated rings. The van der Waals surface area contributed by atoms with Crippen LogP contribution in [0.1, 0.15) is 26.5 Å². The highest BCUT2D eigenvalue weighted by molar-refractivity contribution is 5.98. The minimum absolute atomic E-state index is 0.0625. The Morgan fingerprint density at radius 1 is 1.08 bits per heavy atom. The lowest BCUT2D eigenvalue weighted by Crippen LogP contribution is -3.15. The van der Waals surface area contributed by atoms with Gasteiger partial charge in [-0.3, -0.25) is 14.2 Å². The van der Waals surface area contributed by atoms with Gasteiger partial charge in [-0.1, -0.05) is 6.07 Å². The molecular formula is C27H24FN7O4. The predicted molar refractivity (Wildman–Crippen MR) is 133 cm³/mol. The molecule has 0 aliphatic heterocycles. The van der Waals surface area contributed by atoms with E-state index in [4.69, 9.17) is 4.42 Å². The molecule has 0 spiro atoms. The lowest BCUT2D eigenvalue weighted by Gasteiger charge is -3.11. The van der Waals surface area contributed by atoms with Crippen LogP contribution in [-0.2, 0) is 13.6 Å². The number of nitrogens with one attached hydrogen (secondary N) is 3. The molecule has 6 aliphatic carbocycles. The van der Waals surface area contributed by atoms with E-state index < -0.39 is 23.4 Å². The van der Waals surface area contributed by atoms with Gasteiger partial charge >= 0.3 is 5.76 Å². The number of nitrogens with zero attached hydrogens (tertiary/aromatic N) is 4. The fraction of sp³-hybridized carbons (Fsp3) is 0.444. The Morgan fingerprint density at radius 2 is 1.82 bits per heavy atom. The number of carbonyl (C=O) groups excluding carboxylic acids is 2. The largest absolute Gasteiger partial charge is 0.419 e. The molecular weight excluding hydrogens is 505 g/mol. The molecule has 0 atom stereocenters. The van der Waals surface area contributed by atoms with Crippen molar-refractivity contribution in [3.05, 3.63) is 63.8 Å². The van der Waals surface area contributed by atoms with Crippen molar-refractivity contribution in [2.24, 2.45) is 48.0 Å². The van der Waals surface area contributed by atoms with Crippen LogP contribution < -0.4 is 21.7 Å². The Bertz CT molecular complexity index is 1820. The summed E-state index contributed by atoms with van der Waals surface area (Å²) < 4.78 is 22.2. The van der Waals surface area contributed by atoms with E-state index in [-0.39, 0.29) is 29.0 Å². The van der Waals surface area contributed by atoms with Gasteiger partial charge in [-0.2, -0.15) is 5.10 Å². The molecule has 3 heterocycles. The standard InChI is InChI=1S/C27H24FN7O4/c1-29-27-19-16-20(27)18-21(27)17(19)26(16,18)9-31-24(37)14-6-12(33-22-11(28)8-32-35(14)22)23(36)30-7-10-3-4-15-13(5-10)34(2)25(38)39-15/h3-6,8,16-21,29H,7,9H2,1-2H3,(H,30,36)(H,31,37). The Kier molecular flexibility index (Phi) is 3.67. The predicted octanol–water partition coefficient (Wildman–Crippen LogP) is 0.683. The summed E-state index contributed by atoms with van der Waals surface area (Å²) in [7, 11) is 3.67. The third kappa shape index (κ3) is 2.12. The zero-order valence-corrected chi connectivity index (χ0v) is 21.1. The number of oxazole rings is 1. The maximum absolute atomic E-state index is 14.5. The fourth-order valence-corrected chi connectivity index (χ4v) is 9.70. The van der Waals surface area contributed by atoms with Gasteiger partial charge in [0.1, 0.15) is 11.4 Å². The Balaban J connectivity index is 0.944. The van der Waals surface area contributed by atoms with Gasteiger partial charge in [-0.25, -0.2) is 18.7 Å². The highest BCUT2D eigenvalue weighted by Crippen LogP contribution is 3.06. The number of hydrogen-bond acceptors (Lipinski definition) is 7. The molecule has 0 saturated heterocycles. The molecule has 3 N–H and O–H groups in total. The average Bonchev–Trinajstić information content (AvgIpc) is 3.47. The van der Waals surface area contributed by atoms with E-state index in [0.717, 1.165) is 34.0 Å². The monoisotopic (exact) mass is 529 g/mol. The molecule has 6 saturated carbocycles. The summed E-state index contributed by atoms with van der Waals surface area (Å²) in [6.45, 7) is 0.734. The first kappa shape index (κ1) is 21.8. The molecule has 3 aromatic heterocycles. The molecule has 198 valence electrons. The van der Waals surface area contributed by atoms with Crippen LogP contribution >= 0.6 is 0 Å². The molecule has 11 nitrogen and oxygen atoms in total. The Labute approximate surface area is 219 Å². The topological polar surface area (TPSA) is 136 Å². The SMILES string of the molecule is CNC12C3C4C1C1C2C3C41CNC(=O)c1cc(C(=O)NCc2ccc3oc(=O)n(C)c3c2)nc2c(F)cnn12. The lowest BCUT2D eigenvalue weighted by molar-refractivity contribution is -0.623. The highest BCUT2D eigenvalue weighted by atomic mass is 19.1. The van der Waals surface area contributed by atoms with Crippen molar-refractivity contribution in [3.63, 3.8) is 0 Å². The van der Waals surface area contributed by atoms with Crippen molar-refractivity contribution in [3.8, 4) is 0 Å². The van der Waals surface area contributed by atoms with Crippen LogP contribution in [0.3, 0.4) is 0 Å². The van der Waals surface area contributed by atoms with Gasteiger partial charge in [0.25, 0.3) is 11.8 Å². The van der Waals surface area contributed by atoms with Crippen LogP contribution in [-0.4, -0.2) is 50.1 Å². The third-order valence-electron chi connectivity index (χ3n) is 11.0. The van der Waals surface area contributed by atoms with E-state index in [9.17, 15) is 18.8 Å². The van der Waals surface area contributed by atoms with Gasteiger partial charge in [0, 0.05) is 31.7 Å². The van der Waals surface area contributed by atoms with Crippen molar-refractivity contribution in [1.82, 2.24) is 35.1 Å². The second-order valence-corrected chi connectivity index (χ2v) is 11.8. The summed E-state index contributed by atoms with van der Waals surface area (Å²) in [4.78, 5) is 42.3. The molecule has 0 radical (unpaired) electrons. The number of benzene rings is 1. The second-order valence-electron chi connectivity index (χ2n) is 11.8. The third-order valence-corrected chi connectivity index (χ3v) is 11.0. The Morgan fingerprint density at radius 3 is 2.54 bits per heavy atom. The first-order valence-corrected chi connectivity index (χ1v) is 13.2. The molecule has 12 heteroatoms. The molecule has 39 heavy (non-hydrogen) atoms. The number of amides is 2. The van der Waals surface area contributed by atoms with E-state index >= 15 is 0 Å². The molecule has 10 rings (SSSR count). The number of aryl methyl sites for hydroxylation is 1. The van der Waals surface area contributed by atoms with Crippen molar-refractivity contribution >= 4 is 28.6 Å². The van der Waals surface area contributed by atoms with Gasteiger partial charge < -0.3 is 20.4 Å². The second kappa shape index (κ2) is 6.56. The van der Waals surface area contributed by atoms with Gasteiger partial charge in [-0.15, -0.1) is 0 Å². The van der Waals surface area contributed by atoms with Crippen molar-refractivity contribution in [2.75, 3.05) is 13.6 Å². The van der Waals surface area contributed by atoms with Crippen molar-refractivity contribution in [2.45, 2.75) is 12.1 Å². The van der Waals surface area contributed by atoms with E-state index in [1.54, 1.807) is 25.2 Å². The van der Waals surface area contributed by atoms with Gasteiger partial charge in [0.15, 0.2) is 17.0 Å². The minimum Gasteiger partial charge on any atom is -0.408 e. The summed E-state index contributed by atoms with van der Waals surface area (Å²) in [6, 6.07) is 6.49. The molecule has 4 aromatic rings. The Hall–Kier alpha value is -4.06. The van der Waals surface area contributed by atoms with Crippen LogP contribution in [0.25, 0.3) is 16.7 Å². The van der Waals surface area contributed by atoms with Crippen LogP contribution in [0.5, 0.6) is 0 Å². The molecule has 0 bridgehead atoms.